The number of amides is 1. The number of sulfonamides is 1. The third kappa shape index (κ3) is 2.75. The molecule has 0 aliphatic carbocycles. The van der Waals surface area contributed by atoms with Crippen LogP contribution in [0.4, 0.5) is 5.69 Å². The molecule has 21 heavy (non-hydrogen) atoms. The first-order chi connectivity index (χ1) is 9.78. The van der Waals surface area contributed by atoms with Gasteiger partial charge in [-0.15, -0.1) is 0 Å². The fourth-order valence-corrected chi connectivity index (χ4v) is 4.72. The summed E-state index contributed by atoms with van der Waals surface area (Å²) in [4.78, 5) is 12.0. The topological polar surface area (TPSA) is 78.5 Å². The van der Waals surface area contributed by atoms with Gasteiger partial charge in [-0.2, -0.15) is 4.31 Å². The highest BCUT2D eigenvalue weighted by Gasteiger charge is 2.37. The second-order valence-electron chi connectivity index (χ2n) is 5.27. The first kappa shape index (κ1) is 15.8. The number of nitrogens with zero attached hydrogens (tertiary/aromatic N) is 1. The highest BCUT2D eigenvalue weighted by molar-refractivity contribution is 7.89. The molecule has 7 heteroatoms. The summed E-state index contributed by atoms with van der Waals surface area (Å²) in [6.45, 7) is 5.79. The fourth-order valence-electron chi connectivity index (χ4n) is 2.71. The second-order valence-corrected chi connectivity index (χ2v) is 7.10. The van der Waals surface area contributed by atoms with Gasteiger partial charge in [0.1, 0.15) is 6.04 Å². The largest absolute Gasteiger partial charge is 0.388 e. The van der Waals surface area contributed by atoms with E-state index in [0.717, 1.165) is 5.69 Å². The van der Waals surface area contributed by atoms with E-state index in [-0.39, 0.29) is 5.91 Å². The minimum atomic E-state index is -3.69. The summed E-state index contributed by atoms with van der Waals surface area (Å²) < 4.78 is 27.1. The van der Waals surface area contributed by atoms with Crippen LogP contribution < -0.4 is 10.6 Å². The minimum absolute atomic E-state index is 0.257. The molecule has 0 radical (unpaired) electrons. The predicted octanol–water partition coefficient (Wildman–Crippen LogP) is 0.854. The monoisotopic (exact) mass is 311 g/mol. The number of carbonyl (C=O) groups excluding carboxylic acids is 1. The summed E-state index contributed by atoms with van der Waals surface area (Å²) in [5.41, 5.74) is 2.23. The second kappa shape index (κ2) is 5.65. The summed E-state index contributed by atoms with van der Waals surface area (Å²) in [7, 11) is -1.89. The average Bonchev–Trinajstić information content (AvgIpc) is 2.40. The van der Waals surface area contributed by atoms with Gasteiger partial charge in [-0.05, 0) is 44.0 Å². The zero-order valence-electron chi connectivity index (χ0n) is 12.7. The van der Waals surface area contributed by atoms with Gasteiger partial charge in [0.15, 0.2) is 0 Å². The molecule has 2 N–H and O–H groups in total. The number of nitrogens with one attached hydrogen (secondary N) is 2. The lowest BCUT2D eigenvalue weighted by atomic mass is 10.1. The number of anilines is 1. The Morgan fingerprint density at radius 2 is 1.86 bits per heavy atom. The maximum absolute atomic E-state index is 12.9. The van der Waals surface area contributed by atoms with E-state index in [1.54, 1.807) is 40.0 Å². The summed E-state index contributed by atoms with van der Waals surface area (Å²) in [5, 5.41) is 5.69. The van der Waals surface area contributed by atoms with Gasteiger partial charge in [0.25, 0.3) is 0 Å². The van der Waals surface area contributed by atoms with E-state index >= 15 is 0 Å². The molecule has 6 nitrogen and oxygen atoms in total. The van der Waals surface area contributed by atoms with Gasteiger partial charge in [-0.1, -0.05) is 0 Å². The average molecular weight is 311 g/mol. The quantitative estimate of drug-likeness (QED) is 0.867. The van der Waals surface area contributed by atoms with Gasteiger partial charge in [0.2, 0.25) is 15.9 Å². The molecule has 1 saturated heterocycles. The van der Waals surface area contributed by atoms with Crippen LogP contribution >= 0.6 is 0 Å². The third-order valence-corrected chi connectivity index (χ3v) is 6.03. The van der Waals surface area contributed by atoms with Crippen LogP contribution in [-0.4, -0.2) is 44.8 Å². The van der Waals surface area contributed by atoms with Crippen LogP contribution in [0.1, 0.15) is 18.1 Å². The fraction of sp³-hybridized carbons (Fsp3) is 0.500. The molecule has 0 saturated carbocycles. The van der Waals surface area contributed by atoms with Crippen LogP contribution in [0, 0.1) is 13.8 Å². The molecule has 0 spiro atoms. The van der Waals surface area contributed by atoms with Crippen LogP contribution in [0.15, 0.2) is 17.0 Å². The van der Waals surface area contributed by atoms with Crippen LogP contribution in [0.3, 0.4) is 0 Å². The molecule has 0 bridgehead atoms. The van der Waals surface area contributed by atoms with E-state index in [4.69, 9.17) is 0 Å². The van der Waals surface area contributed by atoms with Crippen molar-refractivity contribution in [2.45, 2.75) is 31.7 Å². The lowest BCUT2D eigenvalue weighted by Gasteiger charge is -2.32. The van der Waals surface area contributed by atoms with Crippen molar-refractivity contribution >= 4 is 21.6 Å². The van der Waals surface area contributed by atoms with Crippen molar-refractivity contribution in [2.24, 2.45) is 0 Å². The van der Waals surface area contributed by atoms with Crippen molar-refractivity contribution in [3.63, 3.8) is 0 Å². The molecule has 1 unspecified atom stereocenters. The van der Waals surface area contributed by atoms with Gasteiger partial charge in [0.05, 0.1) is 4.90 Å². The minimum Gasteiger partial charge on any atom is -0.388 e. The van der Waals surface area contributed by atoms with E-state index in [1.807, 2.05) is 0 Å². The number of aryl methyl sites for hydroxylation is 2. The predicted molar refractivity (Wildman–Crippen MR) is 81.8 cm³/mol. The van der Waals surface area contributed by atoms with Crippen molar-refractivity contribution in [3.8, 4) is 0 Å². The van der Waals surface area contributed by atoms with Crippen molar-refractivity contribution < 1.29 is 13.2 Å². The van der Waals surface area contributed by atoms with Crippen LogP contribution in [0.25, 0.3) is 0 Å². The summed E-state index contributed by atoms with van der Waals surface area (Å²) >= 11 is 0. The van der Waals surface area contributed by atoms with Crippen molar-refractivity contribution in [1.29, 1.82) is 0 Å². The number of hydrogen-bond acceptors (Lipinski definition) is 4. The van der Waals surface area contributed by atoms with Gasteiger partial charge in [-0.25, -0.2) is 8.42 Å². The van der Waals surface area contributed by atoms with Crippen LogP contribution in [-0.2, 0) is 14.8 Å². The molecule has 1 atom stereocenters. The van der Waals surface area contributed by atoms with Crippen molar-refractivity contribution in [2.75, 3.05) is 25.5 Å². The number of rotatable bonds is 3. The van der Waals surface area contributed by atoms with Crippen LogP contribution in [0.5, 0.6) is 0 Å². The summed E-state index contributed by atoms with van der Waals surface area (Å²) in [5.74, 6) is -0.257. The van der Waals surface area contributed by atoms with Crippen molar-refractivity contribution in [3.05, 3.63) is 23.3 Å². The molecule has 116 valence electrons. The van der Waals surface area contributed by atoms with E-state index in [9.17, 15) is 13.2 Å². The molecule has 1 aromatic rings. The number of hydrogen-bond donors (Lipinski definition) is 2. The molecule has 1 aliphatic heterocycles. The molecule has 0 aromatic heterocycles. The van der Waals surface area contributed by atoms with E-state index in [0.29, 0.717) is 29.1 Å². The summed E-state index contributed by atoms with van der Waals surface area (Å²) in [6.07, 6.45) is 0. The SMILES string of the molecule is CNc1cc(C)c(S(=O)(=O)N2CCNC(=O)C2C)c(C)c1. The maximum Gasteiger partial charge on any atom is 0.244 e. The third-order valence-electron chi connectivity index (χ3n) is 3.76. The molecule has 1 aromatic carbocycles. The molecule has 1 heterocycles. The Hall–Kier alpha value is -1.60. The van der Waals surface area contributed by atoms with Crippen molar-refractivity contribution in [1.82, 2.24) is 9.62 Å². The normalized spacial score (nSPS) is 20.2. The smallest absolute Gasteiger partial charge is 0.244 e. The Balaban J connectivity index is 2.52. The Morgan fingerprint density at radius 3 is 2.38 bits per heavy atom. The lowest BCUT2D eigenvalue weighted by molar-refractivity contribution is -0.126. The van der Waals surface area contributed by atoms with Gasteiger partial charge in [0, 0.05) is 25.8 Å². The lowest BCUT2D eigenvalue weighted by Crippen LogP contribution is -2.55. The molecular formula is C14H21N3O3S. The highest BCUT2D eigenvalue weighted by Crippen LogP contribution is 2.28. The zero-order chi connectivity index (χ0) is 15.8. The Bertz CT molecular complexity index is 647. The van der Waals surface area contributed by atoms with Gasteiger partial charge >= 0.3 is 0 Å². The summed E-state index contributed by atoms with van der Waals surface area (Å²) in [6, 6.07) is 2.91. The molecule has 1 aliphatic rings. The molecule has 1 fully saturated rings. The Labute approximate surface area is 125 Å². The Kier molecular flexibility index (Phi) is 4.25. The van der Waals surface area contributed by atoms with E-state index < -0.39 is 16.1 Å². The number of benzene rings is 1. The number of carbonyl (C=O) groups is 1. The highest BCUT2D eigenvalue weighted by atomic mass is 32.2. The van der Waals surface area contributed by atoms with E-state index in [1.165, 1.54) is 4.31 Å². The number of piperazine rings is 1. The Morgan fingerprint density at radius 1 is 1.29 bits per heavy atom. The van der Waals surface area contributed by atoms with Gasteiger partial charge < -0.3 is 10.6 Å². The molecule has 1 amide bonds. The zero-order valence-corrected chi connectivity index (χ0v) is 13.5. The van der Waals surface area contributed by atoms with E-state index in [2.05, 4.69) is 10.6 Å². The maximum atomic E-state index is 12.9. The standard InChI is InChI=1S/C14H21N3O3S/c1-9-7-12(15-4)8-10(2)13(9)21(19,20)17-6-5-16-14(18)11(17)3/h7-8,11,15H,5-6H2,1-4H3,(H,16,18). The first-order valence-corrected chi connectivity index (χ1v) is 8.31. The van der Waals surface area contributed by atoms with Gasteiger partial charge in [-0.3, -0.25) is 4.79 Å². The molecule has 2 rings (SSSR count). The van der Waals surface area contributed by atoms with Crippen LogP contribution in [0.2, 0.25) is 0 Å². The molecular weight excluding hydrogens is 290 g/mol. The first-order valence-electron chi connectivity index (χ1n) is 6.87.